The van der Waals surface area contributed by atoms with Gasteiger partial charge in [0.25, 0.3) is 0 Å². The van der Waals surface area contributed by atoms with Crippen molar-refractivity contribution in [2.45, 2.75) is 51.6 Å². The normalized spacial score (nSPS) is 10.6. The molecule has 0 aliphatic rings. The van der Waals surface area contributed by atoms with Gasteiger partial charge in [0.1, 0.15) is 0 Å². The number of para-hydroxylation sites is 2. The van der Waals surface area contributed by atoms with Gasteiger partial charge in [-0.3, -0.25) is 0 Å². The standard InChI is InChI=1S/C20H28N2/c1-2-3-4-5-12-17-20(21-18-13-8-6-9-14-18)22-19-15-10-7-11-16-19/h6-11,13-16,20-22H,2-5,12,17H2,1H3. The molecule has 2 aromatic rings. The summed E-state index contributed by atoms with van der Waals surface area (Å²) in [5.41, 5.74) is 2.34. The zero-order valence-corrected chi connectivity index (χ0v) is 13.6. The van der Waals surface area contributed by atoms with Gasteiger partial charge < -0.3 is 10.6 Å². The molecular weight excluding hydrogens is 268 g/mol. The first-order valence-electron chi connectivity index (χ1n) is 8.51. The molecule has 118 valence electrons. The molecule has 0 saturated heterocycles. The Hall–Kier alpha value is -1.96. The van der Waals surface area contributed by atoms with Crippen molar-refractivity contribution in [2.24, 2.45) is 0 Å². The van der Waals surface area contributed by atoms with E-state index in [-0.39, 0.29) is 6.17 Å². The van der Waals surface area contributed by atoms with Crippen LogP contribution in [0.1, 0.15) is 45.4 Å². The van der Waals surface area contributed by atoms with E-state index in [0.717, 1.165) is 6.42 Å². The first kappa shape index (κ1) is 16.4. The molecule has 0 amide bonds. The van der Waals surface area contributed by atoms with E-state index in [1.54, 1.807) is 0 Å². The van der Waals surface area contributed by atoms with Crippen LogP contribution in [0.15, 0.2) is 60.7 Å². The lowest BCUT2D eigenvalue weighted by atomic mass is 10.1. The quantitative estimate of drug-likeness (QED) is 0.421. The number of rotatable bonds is 10. The Morgan fingerprint density at radius 2 is 1.18 bits per heavy atom. The molecular formula is C20H28N2. The minimum atomic E-state index is 0.270. The fourth-order valence-corrected chi connectivity index (χ4v) is 2.60. The van der Waals surface area contributed by atoms with E-state index in [1.807, 2.05) is 0 Å². The number of benzene rings is 2. The minimum Gasteiger partial charge on any atom is -0.365 e. The highest BCUT2D eigenvalue weighted by Gasteiger charge is 2.08. The van der Waals surface area contributed by atoms with Crippen molar-refractivity contribution in [1.82, 2.24) is 0 Å². The third kappa shape index (κ3) is 6.21. The average Bonchev–Trinajstić information content (AvgIpc) is 2.56. The molecule has 0 saturated carbocycles. The molecule has 2 heteroatoms. The molecule has 0 radical (unpaired) electrons. The van der Waals surface area contributed by atoms with E-state index in [0.29, 0.717) is 0 Å². The largest absolute Gasteiger partial charge is 0.365 e. The number of nitrogens with one attached hydrogen (secondary N) is 2. The van der Waals surface area contributed by atoms with Crippen LogP contribution in [0.4, 0.5) is 11.4 Å². The Morgan fingerprint density at radius 3 is 1.68 bits per heavy atom. The topological polar surface area (TPSA) is 24.1 Å². The smallest absolute Gasteiger partial charge is 0.0963 e. The molecule has 2 nitrogen and oxygen atoms in total. The molecule has 2 N–H and O–H groups in total. The number of hydrogen-bond donors (Lipinski definition) is 2. The van der Waals surface area contributed by atoms with Crippen molar-refractivity contribution in [3.05, 3.63) is 60.7 Å². The van der Waals surface area contributed by atoms with Gasteiger partial charge in [-0.1, -0.05) is 69.0 Å². The molecule has 0 atom stereocenters. The van der Waals surface area contributed by atoms with Crippen molar-refractivity contribution < 1.29 is 0 Å². The minimum absolute atomic E-state index is 0.270. The van der Waals surface area contributed by atoms with Crippen molar-refractivity contribution in [1.29, 1.82) is 0 Å². The second kappa shape index (κ2) is 9.88. The Kier molecular flexibility index (Phi) is 7.37. The van der Waals surface area contributed by atoms with Crippen LogP contribution in [-0.2, 0) is 0 Å². The van der Waals surface area contributed by atoms with E-state index in [2.05, 4.69) is 78.2 Å². The van der Waals surface area contributed by atoms with Crippen LogP contribution in [-0.4, -0.2) is 6.17 Å². The molecule has 2 aromatic carbocycles. The van der Waals surface area contributed by atoms with Gasteiger partial charge in [0.05, 0.1) is 6.17 Å². The Balaban J connectivity index is 1.88. The summed E-state index contributed by atoms with van der Waals surface area (Å²) in [5.74, 6) is 0. The van der Waals surface area contributed by atoms with Crippen molar-refractivity contribution in [3.63, 3.8) is 0 Å². The van der Waals surface area contributed by atoms with Gasteiger partial charge in [-0.2, -0.15) is 0 Å². The predicted molar refractivity (Wildman–Crippen MR) is 97.3 cm³/mol. The second-order valence-corrected chi connectivity index (χ2v) is 5.78. The summed E-state index contributed by atoms with van der Waals surface area (Å²) >= 11 is 0. The van der Waals surface area contributed by atoms with Crippen molar-refractivity contribution >= 4 is 11.4 Å². The predicted octanol–water partition coefficient (Wildman–Crippen LogP) is 5.90. The highest BCUT2D eigenvalue weighted by Crippen LogP contribution is 2.16. The highest BCUT2D eigenvalue weighted by molar-refractivity contribution is 5.49. The highest BCUT2D eigenvalue weighted by atomic mass is 15.1. The molecule has 0 bridgehead atoms. The van der Waals surface area contributed by atoms with Gasteiger partial charge in [0.15, 0.2) is 0 Å². The maximum atomic E-state index is 3.61. The lowest BCUT2D eigenvalue weighted by Crippen LogP contribution is -2.28. The molecule has 2 rings (SSSR count). The van der Waals surface area contributed by atoms with Crippen molar-refractivity contribution in [2.75, 3.05) is 10.6 Å². The fraction of sp³-hybridized carbons (Fsp3) is 0.400. The first-order valence-corrected chi connectivity index (χ1v) is 8.51. The Morgan fingerprint density at radius 1 is 0.682 bits per heavy atom. The molecule has 0 aliphatic carbocycles. The van der Waals surface area contributed by atoms with Crippen LogP contribution in [0.2, 0.25) is 0 Å². The van der Waals surface area contributed by atoms with Crippen LogP contribution in [0.3, 0.4) is 0 Å². The van der Waals surface area contributed by atoms with Crippen LogP contribution in [0.5, 0.6) is 0 Å². The summed E-state index contributed by atoms with van der Waals surface area (Å²) in [6.07, 6.45) is 7.97. The van der Waals surface area contributed by atoms with Gasteiger partial charge in [0.2, 0.25) is 0 Å². The molecule has 0 spiro atoms. The van der Waals surface area contributed by atoms with Gasteiger partial charge >= 0.3 is 0 Å². The monoisotopic (exact) mass is 296 g/mol. The molecule has 0 heterocycles. The maximum absolute atomic E-state index is 3.61. The van der Waals surface area contributed by atoms with E-state index in [4.69, 9.17) is 0 Å². The first-order chi connectivity index (χ1) is 10.9. The van der Waals surface area contributed by atoms with E-state index >= 15 is 0 Å². The third-order valence-electron chi connectivity index (χ3n) is 3.83. The summed E-state index contributed by atoms with van der Waals surface area (Å²) in [6.45, 7) is 2.26. The molecule has 0 aliphatic heterocycles. The zero-order valence-electron chi connectivity index (χ0n) is 13.6. The SMILES string of the molecule is CCCCCCCC(Nc1ccccc1)Nc1ccccc1. The summed E-state index contributed by atoms with van der Waals surface area (Å²) in [6, 6.07) is 20.9. The third-order valence-corrected chi connectivity index (χ3v) is 3.83. The van der Waals surface area contributed by atoms with Crippen LogP contribution in [0.25, 0.3) is 0 Å². The van der Waals surface area contributed by atoms with E-state index < -0.39 is 0 Å². The molecule has 22 heavy (non-hydrogen) atoms. The molecule has 0 unspecified atom stereocenters. The lowest BCUT2D eigenvalue weighted by Gasteiger charge is -2.22. The number of hydrogen-bond acceptors (Lipinski definition) is 2. The summed E-state index contributed by atoms with van der Waals surface area (Å²) in [4.78, 5) is 0. The second-order valence-electron chi connectivity index (χ2n) is 5.78. The fourth-order valence-electron chi connectivity index (χ4n) is 2.60. The molecule has 0 fully saturated rings. The summed E-state index contributed by atoms with van der Waals surface area (Å²) < 4.78 is 0. The van der Waals surface area contributed by atoms with Crippen LogP contribution >= 0.6 is 0 Å². The summed E-state index contributed by atoms with van der Waals surface area (Å²) in [5, 5.41) is 7.21. The van der Waals surface area contributed by atoms with Crippen LogP contribution < -0.4 is 10.6 Å². The van der Waals surface area contributed by atoms with Gasteiger partial charge in [-0.15, -0.1) is 0 Å². The maximum Gasteiger partial charge on any atom is 0.0963 e. The van der Waals surface area contributed by atoms with Gasteiger partial charge in [-0.05, 0) is 37.1 Å². The molecule has 0 aromatic heterocycles. The lowest BCUT2D eigenvalue weighted by molar-refractivity contribution is 0.583. The van der Waals surface area contributed by atoms with E-state index in [9.17, 15) is 0 Å². The van der Waals surface area contributed by atoms with Gasteiger partial charge in [-0.25, -0.2) is 0 Å². The Labute approximate surface area is 135 Å². The number of anilines is 2. The Bertz CT molecular complexity index is 454. The van der Waals surface area contributed by atoms with Gasteiger partial charge in [0, 0.05) is 11.4 Å². The zero-order chi connectivity index (χ0) is 15.5. The number of unbranched alkanes of at least 4 members (excludes halogenated alkanes) is 4. The average molecular weight is 296 g/mol. The summed E-state index contributed by atoms with van der Waals surface area (Å²) in [7, 11) is 0. The van der Waals surface area contributed by atoms with Crippen LogP contribution in [0, 0.1) is 0 Å². The van der Waals surface area contributed by atoms with E-state index in [1.165, 1.54) is 43.5 Å². The van der Waals surface area contributed by atoms with Crippen molar-refractivity contribution in [3.8, 4) is 0 Å².